The lowest BCUT2D eigenvalue weighted by Gasteiger charge is -2.35. The Bertz CT molecular complexity index is 228. The van der Waals surface area contributed by atoms with E-state index in [-0.39, 0.29) is 12.2 Å². The fourth-order valence-corrected chi connectivity index (χ4v) is 2.85. The Morgan fingerprint density at radius 1 is 1.26 bits per heavy atom. The second-order valence-corrected chi connectivity index (χ2v) is 6.04. The highest BCUT2D eigenvalue weighted by Crippen LogP contribution is 2.22. The lowest BCUT2D eigenvalue weighted by atomic mass is 9.90. The van der Waals surface area contributed by atoms with E-state index in [0.29, 0.717) is 25.2 Å². The van der Waals surface area contributed by atoms with Gasteiger partial charge in [-0.05, 0) is 53.1 Å². The van der Waals surface area contributed by atoms with Gasteiger partial charge in [0.25, 0.3) is 0 Å². The summed E-state index contributed by atoms with van der Waals surface area (Å²) in [4.78, 5) is 2.30. The molecule has 0 aromatic carbocycles. The SMILES string of the molecule is CCNC1CCC(N(C)CC(O)COC(C)C)CC1. The summed E-state index contributed by atoms with van der Waals surface area (Å²) in [5.74, 6) is 0. The minimum atomic E-state index is -0.376. The molecular weight excluding hydrogens is 240 g/mol. The number of hydrogen-bond acceptors (Lipinski definition) is 4. The van der Waals surface area contributed by atoms with Crippen molar-refractivity contribution in [3.63, 3.8) is 0 Å². The molecular formula is C15H32N2O2. The Labute approximate surface area is 118 Å². The minimum absolute atomic E-state index is 0.190. The van der Waals surface area contributed by atoms with Crippen LogP contribution < -0.4 is 5.32 Å². The van der Waals surface area contributed by atoms with Gasteiger partial charge < -0.3 is 20.1 Å². The molecule has 1 aliphatic rings. The quantitative estimate of drug-likeness (QED) is 0.705. The van der Waals surface area contributed by atoms with Crippen molar-refractivity contribution in [3.8, 4) is 0 Å². The number of likely N-dealkylation sites (N-methyl/N-ethyl adjacent to an activating group) is 1. The Morgan fingerprint density at radius 2 is 1.89 bits per heavy atom. The smallest absolute Gasteiger partial charge is 0.0900 e. The third kappa shape index (κ3) is 6.70. The van der Waals surface area contributed by atoms with Crippen LogP contribution in [0.5, 0.6) is 0 Å². The normalized spacial score (nSPS) is 26.1. The van der Waals surface area contributed by atoms with Gasteiger partial charge in [0.05, 0.1) is 18.8 Å². The van der Waals surface area contributed by atoms with Crippen LogP contribution in [0.15, 0.2) is 0 Å². The predicted molar refractivity (Wildman–Crippen MR) is 79.4 cm³/mol. The van der Waals surface area contributed by atoms with Crippen LogP contribution in [0.2, 0.25) is 0 Å². The molecule has 1 fully saturated rings. The zero-order valence-corrected chi connectivity index (χ0v) is 13.1. The second kappa shape index (κ2) is 8.90. The molecule has 0 aromatic rings. The lowest BCUT2D eigenvalue weighted by Crippen LogP contribution is -2.44. The van der Waals surface area contributed by atoms with Gasteiger partial charge in [0, 0.05) is 18.6 Å². The number of aliphatic hydroxyl groups is 1. The number of nitrogens with one attached hydrogen (secondary N) is 1. The maximum atomic E-state index is 9.96. The first-order valence-electron chi connectivity index (χ1n) is 7.76. The third-order valence-corrected chi connectivity index (χ3v) is 3.93. The van der Waals surface area contributed by atoms with Gasteiger partial charge in [-0.2, -0.15) is 0 Å². The summed E-state index contributed by atoms with van der Waals surface area (Å²) in [6.45, 7) is 8.38. The van der Waals surface area contributed by atoms with Crippen LogP contribution in [0.4, 0.5) is 0 Å². The zero-order valence-electron chi connectivity index (χ0n) is 13.1. The van der Waals surface area contributed by atoms with Crippen molar-refractivity contribution < 1.29 is 9.84 Å². The summed E-state index contributed by atoms with van der Waals surface area (Å²) in [6, 6.07) is 1.31. The molecule has 1 unspecified atom stereocenters. The van der Waals surface area contributed by atoms with Gasteiger partial charge in [0.1, 0.15) is 0 Å². The van der Waals surface area contributed by atoms with E-state index in [4.69, 9.17) is 4.74 Å². The molecule has 0 saturated heterocycles. The number of hydrogen-bond donors (Lipinski definition) is 2. The summed E-state index contributed by atoms with van der Waals surface area (Å²) >= 11 is 0. The third-order valence-electron chi connectivity index (χ3n) is 3.93. The summed E-state index contributed by atoms with van der Waals surface area (Å²) in [5.41, 5.74) is 0. The van der Waals surface area contributed by atoms with Crippen LogP contribution in [0.1, 0.15) is 46.5 Å². The molecule has 19 heavy (non-hydrogen) atoms. The first kappa shape index (κ1) is 16.9. The van der Waals surface area contributed by atoms with Gasteiger partial charge in [-0.1, -0.05) is 6.92 Å². The highest BCUT2D eigenvalue weighted by Gasteiger charge is 2.24. The Morgan fingerprint density at radius 3 is 2.42 bits per heavy atom. The van der Waals surface area contributed by atoms with Gasteiger partial charge in [-0.25, -0.2) is 0 Å². The Hall–Kier alpha value is -0.160. The van der Waals surface area contributed by atoms with Gasteiger partial charge in [0.15, 0.2) is 0 Å². The lowest BCUT2D eigenvalue weighted by molar-refractivity contribution is -0.0126. The maximum absolute atomic E-state index is 9.96. The van der Waals surface area contributed by atoms with Crippen molar-refractivity contribution in [1.82, 2.24) is 10.2 Å². The maximum Gasteiger partial charge on any atom is 0.0900 e. The van der Waals surface area contributed by atoms with Gasteiger partial charge >= 0.3 is 0 Å². The summed E-state index contributed by atoms with van der Waals surface area (Å²) < 4.78 is 5.45. The number of rotatable bonds is 8. The fraction of sp³-hybridized carbons (Fsp3) is 1.00. The van der Waals surface area contributed by atoms with Crippen LogP contribution in [0.3, 0.4) is 0 Å². The molecule has 0 bridgehead atoms. The van der Waals surface area contributed by atoms with Crippen LogP contribution in [0, 0.1) is 0 Å². The molecule has 0 amide bonds. The van der Waals surface area contributed by atoms with Crippen molar-refractivity contribution in [2.24, 2.45) is 0 Å². The average Bonchev–Trinajstić information content (AvgIpc) is 2.37. The van der Waals surface area contributed by atoms with Crippen LogP contribution in [-0.2, 0) is 4.74 Å². The zero-order chi connectivity index (χ0) is 14.3. The Balaban J connectivity index is 2.21. The molecule has 0 heterocycles. The molecule has 0 radical (unpaired) electrons. The molecule has 1 rings (SSSR count). The first-order valence-corrected chi connectivity index (χ1v) is 7.76. The van der Waals surface area contributed by atoms with Gasteiger partial charge in [0.2, 0.25) is 0 Å². The first-order chi connectivity index (χ1) is 9.02. The fourth-order valence-electron chi connectivity index (χ4n) is 2.85. The largest absolute Gasteiger partial charge is 0.389 e. The van der Waals surface area contributed by atoms with E-state index in [9.17, 15) is 5.11 Å². The monoisotopic (exact) mass is 272 g/mol. The van der Waals surface area contributed by atoms with Crippen molar-refractivity contribution in [1.29, 1.82) is 0 Å². The van der Waals surface area contributed by atoms with E-state index in [2.05, 4.69) is 24.2 Å². The minimum Gasteiger partial charge on any atom is -0.389 e. The van der Waals surface area contributed by atoms with E-state index in [1.54, 1.807) is 0 Å². The van der Waals surface area contributed by atoms with Crippen molar-refractivity contribution >= 4 is 0 Å². The van der Waals surface area contributed by atoms with Crippen molar-refractivity contribution in [3.05, 3.63) is 0 Å². The van der Waals surface area contributed by atoms with E-state index >= 15 is 0 Å². The van der Waals surface area contributed by atoms with Crippen LogP contribution in [0.25, 0.3) is 0 Å². The molecule has 4 heteroatoms. The van der Waals surface area contributed by atoms with Crippen molar-refractivity contribution in [2.45, 2.75) is 70.7 Å². The molecule has 114 valence electrons. The molecule has 1 aliphatic carbocycles. The van der Waals surface area contributed by atoms with Gasteiger partial charge in [-0.15, -0.1) is 0 Å². The standard InChI is InChI=1S/C15H32N2O2/c1-5-16-13-6-8-14(9-7-13)17(4)10-15(18)11-19-12(2)3/h12-16,18H,5-11H2,1-4H3. The molecule has 1 atom stereocenters. The van der Waals surface area contributed by atoms with Crippen LogP contribution in [-0.4, -0.2) is 61.0 Å². The number of aliphatic hydroxyl groups excluding tert-OH is 1. The molecule has 0 spiro atoms. The van der Waals surface area contributed by atoms with Crippen molar-refractivity contribution in [2.75, 3.05) is 26.7 Å². The van der Waals surface area contributed by atoms with E-state index in [0.717, 1.165) is 6.54 Å². The van der Waals surface area contributed by atoms with E-state index in [1.165, 1.54) is 25.7 Å². The topological polar surface area (TPSA) is 44.7 Å². The molecule has 0 aromatic heterocycles. The molecule has 0 aliphatic heterocycles. The molecule has 2 N–H and O–H groups in total. The molecule has 4 nitrogen and oxygen atoms in total. The van der Waals surface area contributed by atoms with E-state index < -0.39 is 0 Å². The Kier molecular flexibility index (Phi) is 7.91. The summed E-state index contributed by atoms with van der Waals surface area (Å²) in [6.07, 6.45) is 4.77. The highest BCUT2D eigenvalue weighted by molar-refractivity contribution is 4.82. The van der Waals surface area contributed by atoms with Gasteiger partial charge in [-0.3, -0.25) is 0 Å². The predicted octanol–water partition coefficient (Wildman–Crippen LogP) is 1.62. The second-order valence-electron chi connectivity index (χ2n) is 6.04. The number of nitrogens with zero attached hydrogens (tertiary/aromatic N) is 1. The highest BCUT2D eigenvalue weighted by atomic mass is 16.5. The summed E-state index contributed by atoms with van der Waals surface area (Å²) in [5, 5.41) is 13.5. The molecule has 1 saturated carbocycles. The van der Waals surface area contributed by atoms with Crippen LogP contribution >= 0.6 is 0 Å². The average molecular weight is 272 g/mol. The summed E-state index contributed by atoms with van der Waals surface area (Å²) in [7, 11) is 2.12. The number of ether oxygens (including phenoxy) is 1. The van der Waals surface area contributed by atoms with E-state index in [1.807, 2.05) is 13.8 Å².